The molecule has 0 atom stereocenters. The fourth-order valence-electron chi connectivity index (χ4n) is 3.11. The monoisotopic (exact) mass is 344 g/mol. The molecule has 0 amide bonds. The van der Waals surface area contributed by atoms with E-state index in [-0.39, 0.29) is 6.61 Å². The minimum absolute atomic E-state index is 0.0485. The van der Waals surface area contributed by atoms with Gasteiger partial charge in [0.05, 0.1) is 12.0 Å². The Kier molecular flexibility index (Phi) is 4.37. The minimum Gasteiger partial charge on any atom is -0.392 e. The van der Waals surface area contributed by atoms with Crippen LogP contribution in [-0.4, -0.2) is 27.1 Å². The van der Waals surface area contributed by atoms with Crippen molar-refractivity contribution in [2.75, 3.05) is 11.9 Å². The van der Waals surface area contributed by atoms with Crippen LogP contribution in [0.5, 0.6) is 0 Å². The zero-order valence-corrected chi connectivity index (χ0v) is 14.6. The normalized spacial score (nSPS) is 11.0. The number of fused-ring (bicyclic) bond motifs is 1. The molecule has 26 heavy (non-hydrogen) atoms. The summed E-state index contributed by atoms with van der Waals surface area (Å²) in [4.78, 5) is 14.4. The molecule has 2 heterocycles. The van der Waals surface area contributed by atoms with Gasteiger partial charge < -0.3 is 15.0 Å². The molecule has 0 unspecified atom stereocenters. The first-order valence-electron chi connectivity index (χ1n) is 8.53. The molecular formula is C21H20N4O. The number of anilines is 1. The van der Waals surface area contributed by atoms with Crippen molar-refractivity contribution in [1.29, 1.82) is 0 Å². The molecule has 5 heteroatoms. The molecule has 2 N–H and O–H groups in total. The summed E-state index contributed by atoms with van der Waals surface area (Å²) in [6.07, 6.45) is 1.59. The maximum atomic E-state index is 9.20. The lowest BCUT2D eigenvalue weighted by atomic mass is 10.1. The molecule has 0 spiro atoms. The van der Waals surface area contributed by atoms with E-state index in [0.29, 0.717) is 0 Å². The van der Waals surface area contributed by atoms with Crippen LogP contribution in [0.1, 0.15) is 11.1 Å². The Morgan fingerprint density at radius 2 is 1.73 bits per heavy atom. The van der Waals surface area contributed by atoms with Crippen LogP contribution in [0.15, 0.2) is 67.0 Å². The first-order valence-corrected chi connectivity index (χ1v) is 8.53. The SMILES string of the molecule is CN(Cc1ccccc1)c1ncnc2[nH]c(-c3ccc(CO)cc3)cc12. The zero-order valence-electron chi connectivity index (χ0n) is 14.6. The van der Waals surface area contributed by atoms with Crippen molar-refractivity contribution in [2.45, 2.75) is 13.2 Å². The number of benzene rings is 2. The maximum absolute atomic E-state index is 9.20. The summed E-state index contributed by atoms with van der Waals surface area (Å²) in [7, 11) is 2.04. The standard InChI is InChI=1S/C21H20N4O/c1-25(12-15-5-3-2-4-6-15)21-18-11-19(24-20(18)22-14-23-21)17-9-7-16(13-26)8-10-17/h2-11,14,26H,12-13H2,1H3,(H,22,23,24). The summed E-state index contributed by atoms with van der Waals surface area (Å²) in [5.41, 5.74) is 4.98. The first kappa shape index (κ1) is 16.3. The van der Waals surface area contributed by atoms with Gasteiger partial charge in [-0.2, -0.15) is 0 Å². The maximum Gasteiger partial charge on any atom is 0.143 e. The lowest BCUT2D eigenvalue weighted by Gasteiger charge is -2.18. The summed E-state index contributed by atoms with van der Waals surface area (Å²) in [6, 6.07) is 20.3. The Hall–Kier alpha value is -3.18. The highest BCUT2D eigenvalue weighted by atomic mass is 16.3. The second kappa shape index (κ2) is 6.98. The van der Waals surface area contributed by atoms with Gasteiger partial charge in [-0.3, -0.25) is 0 Å². The highest BCUT2D eigenvalue weighted by molar-refractivity contribution is 5.91. The van der Waals surface area contributed by atoms with Gasteiger partial charge >= 0.3 is 0 Å². The van der Waals surface area contributed by atoms with Crippen molar-refractivity contribution in [1.82, 2.24) is 15.0 Å². The molecule has 0 radical (unpaired) electrons. The summed E-state index contributed by atoms with van der Waals surface area (Å²) < 4.78 is 0. The molecule has 0 aliphatic rings. The van der Waals surface area contributed by atoms with Crippen LogP contribution in [0, 0.1) is 0 Å². The van der Waals surface area contributed by atoms with Crippen molar-refractivity contribution in [3.05, 3.63) is 78.1 Å². The lowest BCUT2D eigenvalue weighted by Crippen LogP contribution is -2.17. The lowest BCUT2D eigenvalue weighted by molar-refractivity contribution is 0.282. The van der Waals surface area contributed by atoms with Crippen molar-refractivity contribution in [3.8, 4) is 11.3 Å². The van der Waals surface area contributed by atoms with Crippen LogP contribution in [-0.2, 0) is 13.2 Å². The van der Waals surface area contributed by atoms with Crippen LogP contribution in [0.3, 0.4) is 0 Å². The number of nitrogens with one attached hydrogen (secondary N) is 1. The Balaban J connectivity index is 1.68. The average Bonchev–Trinajstić information content (AvgIpc) is 3.13. The summed E-state index contributed by atoms with van der Waals surface area (Å²) in [5.74, 6) is 0.897. The molecule has 130 valence electrons. The first-order chi connectivity index (χ1) is 12.7. The second-order valence-electron chi connectivity index (χ2n) is 6.34. The Morgan fingerprint density at radius 1 is 0.962 bits per heavy atom. The molecule has 0 aliphatic carbocycles. The molecule has 2 aromatic carbocycles. The average molecular weight is 344 g/mol. The molecule has 2 aromatic heterocycles. The van der Waals surface area contributed by atoms with E-state index in [1.54, 1.807) is 6.33 Å². The molecule has 5 nitrogen and oxygen atoms in total. The van der Waals surface area contributed by atoms with Gasteiger partial charge in [-0.25, -0.2) is 9.97 Å². The smallest absolute Gasteiger partial charge is 0.143 e. The number of H-pyrrole nitrogens is 1. The molecule has 0 fully saturated rings. The van der Waals surface area contributed by atoms with E-state index in [0.717, 1.165) is 40.2 Å². The van der Waals surface area contributed by atoms with Crippen LogP contribution < -0.4 is 4.90 Å². The summed E-state index contributed by atoms with van der Waals surface area (Å²) in [5, 5.41) is 10.2. The van der Waals surface area contributed by atoms with Crippen molar-refractivity contribution in [2.24, 2.45) is 0 Å². The van der Waals surface area contributed by atoms with Crippen molar-refractivity contribution in [3.63, 3.8) is 0 Å². The third-order valence-electron chi connectivity index (χ3n) is 4.48. The Bertz CT molecular complexity index is 1010. The van der Waals surface area contributed by atoms with Gasteiger partial charge in [-0.1, -0.05) is 54.6 Å². The number of hydrogen-bond acceptors (Lipinski definition) is 4. The minimum atomic E-state index is 0.0485. The van der Waals surface area contributed by atoms with Gasteiger partial charge in [0, 0.05) is 19.3 Å². The van der Waals surface area contributed by atoms with Gasteiger partial charge in [-0.05, 0) is 22.8 Å². The molecule has 0 aliphatic heterocycles. The number of aromatic nitrogens is 3. The predicted molar refractivity (Wildman–Crippen MR) is 104 cm³/mol. The van der Waals surface area contributed by atoms with Gasteiger partial charge in [0.15, 0.2) is 0 Å². The molecule has 0 saturated heterocycles. The number of aromatic amines is 1. The van der Waals surface area contributed by atoms with E-state index in [2.05, 4.69) is 38.1 Å². The number of rotatable bonds is 5. The topological polar surface area (TPSA) is 65.0 Å². The Labute approximate surface area is 152 Å². The Morgan fingerprint density at radius 3 is 2.46 bits per heavy atom. The van der Waals surface area contributed by atoms with Crippen molar-refractivity contribution >= 4 is 16.9 Å². The summed E-state index contributed by atoms with van der Waals surface area (Å²) >= 11 is 0. The van der Waals surface area contributed by atoms with Crippen LogP contribution >= 0.6 is 0 Å². The molecule has 0 saturated carbocycles. The van der Waals surface area contributed by atoms with E-state index in [9.17, 15) is 5.11 Å². The number of aliphatic hydroxyl groups excluding tert-OH is 1. The van der Waals surface area contributed by atoms with Gasteiger partial charge in [0.25, 0.3) is 0 Å². The van der Waals surface area contributed by atoms with Gasteiger partial charge in [0.1, 0.15) is 17.8 Å². The van der Waals surface area contributed by atoms with E-state index in [4.69, 9.17) is 0 Å². The molecule has 4 aromatic rings. The van der Waals surface area contributed by atoms with E-state index >= 15 is 0 Å². The van der Waals surface area contributed by atoms with Crippen molar-refractivity contribution < 1.29 is 5.11 Å². The van der Waals surface area contributed by atoms with Gasteiger partial charge in [-0.15, -0.1) is 0 Å². The summed E-state index contributed by atoms with van der Waals surface area (Å²) in [6.45, 7) is 0.825. The molecule has 4 rings (SSSR count). The van der Waals surface area contributed by atoms with Gasteiger partial charge in [0.2, 0.25) is 0 Å². The fraction of sp³-hybridized carbons (Fsp3) is 0.143. The van der Waals surface area contributed by atoms with Crippen LogP contribution in [0.2, 0.25) is 0 Å². The second-order valence-corrected chi connectivity index (χ2v) is 6.34. The molecule has 0 bridgehead atoms. The predicted octanol–water partition coefficient (Wildman–Crippen LogP) is 3.75. The number of nitrogens with zero attached hydrogens (tertiary/aromatic N) is 3. The third-order valence-corrected chi connectivity index (χ3v) is 4.48. The van der Waals surface area contributed by atoms with E-state index in [1.807, 2.05) is 49.5 Å². The quantitative estimate of drug-likeness (QED) is 0.579. The van der Waals surface area contributed by atoms with E-state index in [1.165, 1.54) is 5.56 Å². The largest absolute Gasteiger partial charge is 0.392 e. The zero-order chi connectivity index (χ0) is 17.9. The van der Waals surface area contributed by atoms with Crippen LogP contribution in [0.25, 0.3) is 22.3 Å². The van der Waals surface area contributed by atoms with E-state index < -0.39 is 0 Å². The molecular weight excluding hydrogens is 324 g/mol. The number of hydrogen-bond donors (Lipinski definition) is 2. The number of aliphatic hydroxyl groups is 1. The van der Waals surface area contributed by atoms with Crippen LogP contribution in [0.4, 0.5) is 5.82 Å². The fourth-order valence-corrected chi connectivity index (χ4v) is 3.11. The highest BCUT2D eigenvalue weighted by Crippen LogP contribution is 2.29. The highest BCUT2D eigenvalue weighted by Gasteiger charge is 2.13. The third kappa shape index (κ3) is 3.17.